The Kier molecular flexibility index (Phi) is 6.94. The van der Waals surface area contributed by atoms with Crippen LogP contribution in [0.25, 0.3) is 0 Å². The molecule has 0 saturated carbocycles. The summed E-state index contributed by atoms with van der Waals surface area (Å²) in [6, 6.07) is 14.5. The summed E-state index contributed by atoms with van der Waals surface area (Å²) in [7, 11) is -0.185. The van der Waals surface area contributed by atoms with Crippen molar-refractivity contribution in [3.05, 3.63) is 48.5 Å². The van der Waals surface area contributed by atoms with Gasteiger partial charge >= 0.3 is 0 Å². The standard InChI is InChI=1S/C22H29N3O5S/c1-17(30-19-11-9-18(10-12-19)23(2)31(4,27)28)22(26)25-15-13-24(14-16-25)20-7-5-6-8-21(20)29-3/h5-12,17H,13-16H2,1-4H3/t17-/m1/s1. The fourth-order valence-electron chi connectivity index (χ4n) is 3.50. The molecule has 168 valence electrons. The van der Waals surface area contributed by atoms with Crippen molar-refractivity contribution in [2.24, 2.45) is 0 Å². The van der Waals surface area contributed by atoms with Gasteiger partial charge in [-0.3, -0.25) is 9.10 Å². The first-order valence-corrected chi connectivity index (χ1v) is 11.9. The molecule has 0 unspecified atom stereocenters. The Bertz CT molecular complexity index is 1000. The van der Waals surface area contributed by atoms with Gasteiger partial charge in [0.25, 0.3) is 5.91 Å². The third-order valence-corrected chi connectivity index (χ3v) is 6.58. The van der Waals surface area contributed by atoms with E-state index in [1.807, 2.05) is 29.2 Å². The van der Waals surface area contributed by atoms with Crippen molar-refractivity contribution in [3.63, 3.8) is 0 Å². The number of anilines is 2. The van der Waals surface area contributed by atoms with Crippen molar-refractivity contribution in [2.75, 3.05) is 55.8 Å². The minimum Gasteiger partial charge on any atom is -0.495 e. The highest BCUT2D eigenvalue weighted by Gasteiger charge is 2.27. The lowest BCUT2D eigenvalue weighted by atomic mass is 10.2. The van der Waals surface area contributed by atoms with Crippen molar-refractivity contribution in [1.29, 1.82) is 0 Å². The molecule has 8 nitrogen and oxygen atoms in total. The number of hydrogen-bond acceptors (Lipinski definition) is 6. The van der Waals surface area contributed by atoms with Crippen molar-refractivity contribution in [3.8, 4) is 11.5 Å². The number of benzene rings is 2. The Labute approximate surface area is 184 Å². The average molecular weight is 448 g/mol. The summed E-state index contributed by atoms with van der Waals surface area (Å²) in [6.07, 6.45) is 0.502. The summed E-state index contributed by atoms with van der Waals surface area (Å²) in [4.78, 5) is 16.9. The van der Waals surface area contributed by atoms with Gasteiger partial charge in [-0.05, 0) is 43.3 Å². The number of carbonyl (C=O) groups excluding carboxylic acids is 1. The van der Waals surface area contributed by atoms with Crippen molar-refractivity contribution in [1.82, 2.24) is 4.90 Å². The van der Waals surface area contributed by atoms with E-state index in [1.54, 1.807) is 38.3 Å². The molecule has 0 radical (unpaired) electrons. The summed E-state index contributed by atoms with van der Waals surface area (Å²) in [5.74, 6) is 1.26. The molecule has 1 aliphatic heterocycles. The van der Waals surface area contributed by atoms with Crippen LogP contribution in [0.3, 0.4) is 0 Å². The largest absolute Gasteiger partial charge is 0.495 e. The molecule has 0 bridgehead atoms. The van der Waals surface area contributed by atoms with Gasteiger partial charge in [0.15, 0.2) is 6.10 Å². The number of amides is 1. The smallest absolute Gasteiger partial charge is 0.263 e. The number of carbonyl (C=O) groups is 1. The van der Waals surface area contributed by atoms with Crippen molar-refractivity contribution >= 4 is 27.3 Å². The van der Waals surface area contributed by atoms with E-state index >= 15 is 0 Å². The van der Waals surface area contributed by atoms with E-state index in [0.717, 1.165) is 17.7 Å². The Hall–Kier alpha value is -2.94. The van der Waals surface area contributed by atoms with Crippen molar-refractivity contribution in [2.45, 2.75) is 13.0 Å². The van der Waals surface area contributed by atoms with Crippen LogP contribution in [0.2, 0.25) is 0 Å². The molecule has 1 atom stereocenters. The number of para-hydroxylation sites is 2. The third-order valence-electron chi connectivity index (χ3n) is 5.38. The van der Waals surface area contributed by atoms with Crippen molar-refractivity contribution < 1.29 is 22.7 Å². The van der Waals surface area contributed by atoms with E-state index in [0.29, 0.717) is 37.6 Å². The van der Waals surface area contributed by atoms with E-state index in [1.165, 1.54) is 11.4 Å². The topological polar surface area (TPSA) is 79.4 Å². The van der Waals surface area contributed by atoms with E-state index in [-0.39, 0.29) is 5.91 Å². The molecular formula is C22H29N3O5S. The second kappa shape index (κ2) is 9.47. The zero-order valence-electron chi connectivity index (χ0n) is 18.3. The third kappa shape index (κ3) is 5.41. The summed E-state index contributed by atoms with van der Waals surface area (Å²) < 4.78 is 35.7. The molecular weight excluding hydrogens is 418 g/mol. The minimum atomic E-state index is -3.33. The lowest BCUT2D eigenvalue weighted by molar-refractivity contribution is -0.138. The highest BCUT2D eigenvalue weighted by molar-refractivity contribution is 7.92. The molecule has 1 heterocycles. The van der Waals surface area contributed by atoms with Crippen LogP contribution in [-0.4, -0.2) is 71.9 Å². The summed E-state index contributed by atoms with van der Waals surface area (Å²) >= 11 is 0. The van der Waals surface area contributed by atoms with Gasteiger partial charge in [-0.15, -0.1) is 0 Å². The molecule has 3 rings (SSSR count). The number of rotatable bonds is 7. The predicted molar refractivity (Wildman–Crippen MR) is 122 cm³/mol. The Morgan fingerprint density at radius 1 is 1.03 bits per heavy atom. The summed E-state index contributed by atoms with van der Waals surface area (Å²) in [5, 5.41) is 0. The number of ether oxygens (including phenoxy) is 2. The van der Waals surface area contributed by atoms with Crippen LogP contribution in [0.5, 0.6) is 11.5 Å². The molecule has 1 fully saturated rings. The highest BCUT2D eigenvalue weighted by atomic mass is 32.2. The molecule has 31 heavy (non-hydrogen) atoms. The Morgan fingerprint density at radius 3 is 2.23 bits per heavy atom. The number of sulfonamides is 1. The van der Waals surface area contributed by atoms with Gasteiger partial charge in [0.2, 0.25) is 10.0 Å². The van der Waals surface area contributed by atoms with E-state index < -0.39 is 16.1 Å². The van der Waals surface area contributed by atoms with Crippen LogP contribution in [0.15, 0.2) is 48.5 Å². The number of nitrogens with zero attached hydrogens (tertiary/aromatic N) is 3. The molecule has 0 aromatic heterocycles. The lowest BCUT2D eigenvalue weighted by Gasteiger charge is -2.37. The normalized spacial score (nSPS) is 15.4. The number of methoxy groups -OCH3 is 1. The SMILES string of the molecule is COc1ccccc1N1CCN(C(=O)[C@@H](C)Oc2ccc(N(C)S(C)(=O)=O)cc2)CC1. The number of piperazine rings is 1. The van der Waals surface area contributed by atoms with Crippen LogP contribution < -0.4 is 18.7 Å². The van der Waals surface area contributed by atoms with Gasteiger partial charge in [0.05, 0.1) is 24.7 Å². The molecule has 1 saturated heterocycles. The zero-order valence-corrected chi connectivity index (χ0v) is 19.1. The summed E-state index contributed by atoms with van der Waals surface area (Å²) in [5.41, 5.74) is 1.56. The lowest BCUT2D eigenvalue weighted by Crippen LogP contribution is -2.52. The first-order valence-electron chi connectivity index (χ1n) is 10.1. The molecule has 0 N–H and O–H groups in total. The average Bonchev–Trinajstić information content (AvgIpc) is 2.78. The fourth-order valence-corrected chi connectivity index (χ4v) is 4.00. The van der Waals surface area contributed by atoms with Crippen LogP contribution in [0, 0.1) is 0 Å². The molecule has 1 aliphatic rings. The Balaban J connectivity index is 1.56. The van der Waals surface area contributed by atoms with Gasteiger partial charge < -0.3 is 19.3 Å². The van der Waals surface area contributed by atoms with Crippen LogP contribution in [-0.2, 0) is 14.8 Å². The van der Waals surface area contributed by atoms with E-state index in [9.17, 15) is 13.2 Å². The summed E-state index contributed by atoms with van der Waals surface area (Å²) in [6.45, 7) is 4.35. The fraction of sp³-hybridized carbons (Fsp3) is 0.409. The quantitative estimate of drug-likeness (QED) is 0.648. The first-order chi connectivity index (χ1) is 14.7. The molecule has 2 aromatic rings. The van der Waals surface area contributed by atoms with Crippen LogP contribution >= 0.6 is 0 Å². The van der Waals surface area contributed by atoms with Gasteiger partial charge in [0, 0.05) is 33.2 Å². The van der Waals surface area contributed by atoms with Gasteiger partial charge in [-0.1, -0.05) is 12.1 Å². The first kappa shape index (κ1) is 22.7. The maximum absolute atomic E-state index is 12.8. The van der Waals surface area contributed by atoms with E-state index in [4.69, 9.17) is 9.47 Å². The van der Waals surface area contributed by atoms with Gasteiger partial charge in [0.1, 0.15) is 11.5 Å². The van der Waals surface area contributed by atoms with Crippen LogP contribution in [0.4, 0.5) is 11.4 Å². The molecule has 9 heteroatoms. The maximum atomic E-state index is 12.8. The second-order valence-corrected chi connectivity index (χ2v) is 9.48. The molecule has 2 aromatic carbocycles. The molecule has 0 spiro atoms. The highest BCUT2D eigenvalue weighted by Crippen LogP contribution is 2.28. The molecule has 0 aliphatic carbocycles. The second-order valence-electron chi connectivity index (χ2n) is 7.47. The van der Waals surface area contributed by atoms with Gasteiger partial charge in [-0.25, -0.2) is 8.42 Å². The van der Waals surface area contributed by atoms with E-state index in [2.05, 4.69) is 4.90 Å². The Morgan fingerprint density at radius 2 is 1.65 bits per heavy atom. The van der Waals surface area contributed by atoms with Gasteiger partial charge in [-0.2, -0.15) is 0 Å². The van der Waals surface area contributed by atoms with Crippen LogP contribution in [0.1, 0.15) is 6.92 Å². The zero-order chi connectivity index (χ0) is 22.6. The number of hydrogen-bond donors (Lipinski definition) is 0. The predicted octanol–water partition coefficient (Wildman–Crippen LogP) is 2.21. The molecule has 1 amide bonds. The minimum absolute atomic E-state index is 0.0722. The monoisotopic (exact) mass is 447 g/mol. The maximum Gasteiger partial charge on any atom is 0.263 e.